The Labute approximate surface area is 182 Å². The van der Waals surface area contributed by atoms with Crippen LogP contribution >= 0.6 is 0 Å². The molecule has 0 unspecified atom stereocenters. The first-order valence-corrected chi connectivity index (χ1v) is 11.1. The fourth-order valence-corrected chi connectivity index (χ4v) is 4.20. The zero-order valence-electron chi connectivity index (χ0n) is 18.7. The van der Waals surface area contributed by atoms with E-state index in [0.29, 0.717) is 37.4 Å². The fraction of sp³-hybridized carbons (Fsp3) is 0.591. The number of rotatable bonds is 4. The van der Waals surface area contributed by atoms with E-state index in [0.717, 1.165) is 30.5 Å². The molecule has 2 fully saturated rings. The van der Waals surface area contributed by atoms with Crippen molar-refractivity contribution < 1.29 is 4.79 Å². The largest absolute Gasteiger partial charge is 0.356 e. The summed E-state index contributed by atoms with van der Waals surface area (Å²) in [6, 6.07) is 2.08. The van der Waals surface area contributed by atoms with Gasteiger partial charge in [0.2, 0.25) is 5.91 Å². The highest BCUT2D eigenvalue weighted by atomic mass is 16.2. The standard InChI is InChI=1S/C22H31N7O2/c1-16-17(2)23-15-29(22(16)31)14-21(30)28-11-9-27(10-12-28)20-13-19(24-18(3)25-20)26-7-5-4-6-8-26/h13,15H,4-12,14H2,1-3H3. The molecule has 0 spiro atoms. The smallest absolute Gasteiger partial charge is 0.256 e. The summed E-state index contributed by atoms with van der Waals surface area (Å²) >= 11 is 0. The highest BCUT2D eigenvalue weighted by molar-refractivity contribution is 5.76. The molecule has 0 atom stereocenters. The molecular formula is C22H31N7O2. The quantitative estimate of drug-likeness (QED) is 0.730. The second-order valence-corrected chi connectivity index (χ2v) is 8.44. The molecule has 2 aromatic rings. The normalized spacial score (nSPS) is 17.2. The molecule has 0 N–H and O–H groups in total. The Bertz CT molecular complexity index is 1010. The summed E-state index contributed by atoms with van der Waals surface area (Å²) in [5.74, 6) is 2.65. The number of piperazine rings is 1. The zero-order valence-corrected chi connectivity index (χ0v) is 18.7. The lowest BCUT2D eigenvalue weighted by Gasteiger charge is -2.36. The maximum absolute atomic E-state index is 12.8. The van der Waals surface area contributed by atoms with Gasteiger partial charge in [0.05, 0.1) is 6.33 Å². The summed E-state index contributed by atoms with van der Waals surface area (Å²) in [7, 11) is 0. The van der Waals surface area contributed by atoms with Crippen LogP contribution in [-0.2, 0) is 11.3 Å². The van der Waals surface area contributed by atoms with Gasteiger partial charge >= 0.3 is 0 Å². The highest BCUT2D eigenvalue weighted by Crippen LogP contribution is 2.23. The van der Waals surface area contributed by atoms with Gasteiger partial charge in [-0.15, -0.1) is 0 Å². The number of aromatic nitrogens is 4. The van der Waals surface area contributed by atoms with Crippen LogP contribution in [0.15, 0.2) is 17.2 Å². The summed E-state index contributed by atoms with van der Waals surface area (Å²) in [4.78, 5) is 45.0. The molecule has 0 aliphatic carbocycles. The van der Waals surface area contributed by atoms with Gasteiger partial charge in [-0.2, -0.15) is 0 Å². The molecule has 4 heterocycles. The Morgan fingerprint density at radius 2 is 1.52 bits per heavy atom. The maximum Gasteiger partial charge on any atom is 0.256 e. The summed E-state index contributed by atoms with van der Waals surface area (Å²) < 4.78 is 1.40. The maximum atomic E-state index is 12.8. The van der Waals surface area contributed by atoms with E-state index in [-0.39, 0.29) is 18.0 Å². The summed E-state index contributed by atoms with van der Waals surface area (Å²) in [5.41, 5.74) is 1.14. The number of amides is 1. The lowest BCUT2D eigenvalue weighted by Crippen LogP contribution is -2.50. The number of carbonyl (C=O) groups excluding carboxylic acids is 1. The minimum atomic E-state index is -0.152. The molecular weight excluding hydrogens is 394 g/mol. The van der Waals surface area contributed by atoms with Gasteiger partial charge in [0.1, 0.15) is 24.0 Å². The van der Waals surface area contributed by atoms with Crippen LogP contribution < -0.4 is 15.4 Å². The van der Waals surface area contributed by atoms with Crippen LogP contribution in [0.4, 0.5) is 11.6 Å². The molecule has 9 nitrogen and oxygen atoms in total. The van der Waals surface area contributed by atoms with E-state index in [1.165, 1.54) is 30.2 Å². The number of piperidine rings is 1. The number of aryl methyl sites for hydroxylation is 2. The number of nitrogens with zero attached hydrogens (tertiary/aromatic N) is 7. The van der Waals surface area contributed by atoms with Gasteiger partial charge in [-0.3, -0.25) is 14.2 Å². The molecule has 2 saturated heterocycles. The predicted molar refractivity (Wildman–Crippen MR) is 120 cm³/mol. The van der Waals surface area contributed by atoms with Crippen LogP contribution in [0, 0.1) is 20.8 Å². The third-order valence-electron chi connectivity index (χ3n) is 6.27. The number of hydrogen-bond donors (Lipinski definition) is 0. The molecule has 0 bridgehead atoms. The van der Waals surface area contributed by atoms with Gasteiger partial charge in [0, 0.05) is 56.6 Å². The van der Waals surface area contributed by atoms with Crippen LogP contribution in [0.3, 0.4) is 0 Å². The fourth-order valence-electron chi connectivity index (χ4n) is 4.20. The molecule has 9 heteroatoms. The van der Waals surface area contributed by atoms with E-state index in [1.54, 1.807) is 13.8 Å². The monoisotopic (exact) mass is 425 g/mol. The molecule has 4 rings (SSSR count). The minimum Gasteiger partial charge on any atom is -0.356 e. The van der Waals surface area contributed by atoms with Crippen molar-refractivity contribution in [2.24, 2.45) is 0 Å². The molecule has 2 aliphatic rings. The van der Waals surface area contributed by atoms with Crippen LogP contribution in [0.1, 0.15) is 36.3 Å². The Kier molecular flexibility index (Phi) is 6.20. The third kappa shape index (κ3) is 4.70. The van der Waals surface area contributed by atoms with Gasteiger partial charge < -0.3 is 14.7 Å². The van der Waals surface area contributed by atoms with E-state index in [4.69, 9.17) is 0 Å². The van der Waals surface area contributed by atoms with Gasteiger partial charge in [-0.05, 0) is 40.0 Å². The van der Waals surface area contributed by atoms with Crippen molar-refractivity contribution in [2.75, 3.05) is 49.1 Å². The molecule has 0 radical (unpaired) electrons. The topological polar surface area (TPSA) is 87.5 Å². The lowest BCUT2D eigenvalue weighted by molar-refractivity contribution is -0.132. The second-order valence-electron chi connectivity index (χ2n) is 8.44. The Balaban J connectivity index is 1.39. The van der Waals surface area contributed by atoms with E-state index < -0.39 is 0 Å². The SMILES string of the molecule is Cc1nc(N2CCCCC2)cc(N2CCN(C(=O)Cn3cnc(C)c(C)c3=O)CC2)n1. The predicted octanol–water partition coefficient (Wildman–Crippen LogP) is 1.30. The van der Waals surface area contributed by atoms with Crippen molar-refractivity contribution in [3.05, 3.63) is 39.8 Å². The van der Waals surface area contributed by atoms with Crippen molar-refractivity contribution in [1.29, 1.82) is 0 Å². The van der Waals surface area contributed by atoms with E-state index in [1.807, 2.05) is 11.8 Å². The Morgan fingerprint density at radius 3 is 2.16 bits per heavy atom. The van der Waals surface area contributed by atoms with Crippen molar-refractivity contribution in [3.8, 4) is 0 Å². The first-order chi connectivity index (χ1) is 14.9. The Morgan fingerprint density at radius 1 is 0.903 bits per heavy atom. The van der Waals surface area contributed by atoms with Crippen molar-refractivity contribution >= 4 is 17.5 Å². The molecule has 2 aliphatic heterocycles. The zero-order chi connectivity index (χ0) is 22.0. The Hall–Kier alpha value is -2.97. The van der Waals surface area contributed by atoms with Gasteiger partial charge in [0.15, 0.2) is 0 Å². The van der Waals surface area contributed by atoms with Crippen molar-refractivity contribution in [3.63, 3.8) is 0 Å². The van der Waals surface area contributed by atoms with Crippen molar-refractivity contribution in [2.45, 2.75) is 46.6 Å². The summed E-state index contributed by atoms with van der Waals surface area (Å²) in [6.07, 6.45) is 5.16. The van der Waals surface area contributed by atoms with Crippen LogP contribution in [0.5, 0.6) is 0 Å². The first kappa shape index (κ1) is 21.3. The van der Waals surface area contributed by atoms with Crippen molar-refractivity contribution in [1.82, 2.24) is 24.4 Å². The average Bonchev–Trinajstić information content (AvgIpc) is 2.79. The number of carbonyl (C=O) groups is 1. The molecule has 166 valence electrons. The van der Waals surface area contributed by atoms with Crippen LogP contribution in [0.2, 0.25) is 0 Å². The second kappa shape index (κ2) is 9.03. The van der Waals surface area contributed by atoms with Crippen LogP contribution in [-0.4, -0.2) is 69.6 Å². The molecule has 31 heavy (non-hydrogen) atoms. The number of anilines is 2. The first-order valence-electron chi connectivity index (χ1n) is 11.1. The third-order valence-corrected chi connectivity index (χ3v) is 6.27. The summed E-state index contributed by atoms with van der Waals surface area (Å²) in [5, 5.41) is 0. The van der Waals surface area contributed by atoms with E-state index in [2.05, 4.69) is 30.8 Å². The lowest BCUT2D eigenvalue weighted by atomic mass is 10.1. The van der Waals surface area contributed by atoms with Crippen LogP contribution in [0.25, 0.3) is 0 Å². The minimum absolute atomic E-state index is 0.0265. The van der Waals surface area contributed by atoms with Gasteiger partial charge in [-0.1, -0.05) is 0 Å². The average molecular weight is 426 g/mol. The van der Waals surface area contributed by atoms with E-state index in [9.17, 15) is 9.59 Å². The molecule has 0 saturated carbocycles. The molecule has 1 amide bonds. The van der Waals surface area contributed by atoms with Gasteiger partial charge in [0.25, 0.3) is 5.56 Å². The molecule has 0 aromatic carbocycles. The van der Waals surface area contributed by atoms with Gasteiger partial charge in [-0.25, -0.2) is 15.0 Å². The highest BCUT2D eigenvalue weighted by Gasteiger charge is 2.24. The number of hydrogen-bond acceptors (Lipinski definition) is 7. The summed E-state index contributed by atoms with van der Waals surface area (Å²) in [6.45, 7) is 10.2. The molecule has 2 aromatic heterocycles. The van der Waals surface area contributed by atoms with E-state index >= 15 is 0 Å².